The van der Waals surface area contributed by atoms with Gasteiger partial charge in [-0.1, -0.05) is 0 Å². The van der Waals surface area contributed by atoms with Gasteiger partial charge in [0.2, 0.25) is 0 Å². The summed E-state index contributed by atoms with van der Waals surface area (Å²) in [6.45, 7) is 1.50. The molecular formula is C16H15F3N4O. The predicted octanol–water partition coefficient (Wildman–Crippen LogP) is 2.83. The highest BCUT2D eigenvalue weighted by atomic mass is 19.4. The molecule has 0 saturated heterocycles. The summed E-state index contributed by atoms with van der Waals surface area (Å²) >= 11 is 0. The molecule has 0 spiro atoms. The van der Waals surface area contributed by atoms with Gasteiger partial charge in [0.1, 0.15) is 5.69 Å². The average molecular weight is 336 g/mol. The molecule has 1 aliphatic heterocycles. The van der Waals surface area contributed by atoms with Crippen molar-refractivity contribution in [1.82, 2.24) is 19.7 Å². The van der Waals surface area contributed by atoms with Crippen LogP contribution in [0.25, 0.3) is 0 Å². The minimum atomic E-state index is -4.50. The summed E-state index contributed by atoms with van der Waals surface area (Å²) in [5.41, 5.74) is 1.22. The second-order valence-corrected chi connectivity index (χ2v) is 6.21. The number of alkyl halides is 3. The Kier molecular flexibility index (Phi) is 3.36. The molecule has 0 N–H and O–H groups in total. The largest absolute Gasteiger partial charge is 0.433 e. The fourth-order valence-corrected chi connectivity index (χ4v) is 2.91. The van der Waals surface area contributed by atoms with E-state index < -0.39 is 11.9 Å². The molecular weight excluding hydrogens is 321 g/mol. The van der Waals surface area contributed by atoms with E-state index in [0.29, 0.717) is 25.6 Å². The van der Waals surface area contributed by atoms with Crippen molar-refractivity contribution in [2.24, 2.45) is 0 Å². The molecule has 0 radical (unpaired) electrons. The summed E-state index contributed by atoms with van der Waals surface area (Å²) in [4.78, 5) is 17.5. The summed E-state index contributed by atoms with van der Waals surface area (Å²) in [5, 5.41) is 4.56. The Hall–Kier alpha value is -2.38. The fourth-order valence-electron chi connectivity index (χ4n) is 2.91. The van der Waals surface area contributed by atoms with Crippen LogP contribution in [-0.4, -0.2) is 32.1 Å². The van der Waals surface area contributed by atoms with Gasteiger partial charge < -0.3 is 4.90 Å². The Labute approximate surface area is 136 Å². The molecule has 1 amide bonds. The maximum atomic E-state index is 12.5. The summed E-state index contributed by atoms with van der Waals surface area (Å²) in [6, 6.07) is 4.05. The van der Waals surface area contributed by atoms with Crippen molar-refractivity contribution in [2.45, 2.75) is 38.0 Å². The number of nitrogens with zero attached hydrogens (tertiary/aromatic N) is 4. The Morgan fingerprint density at radius 1 is 1.21 bits per heavy atom. The number of rotatable bonds is 2. The van der Waals surface area contributed by atoms with Gasteiger partial charge in [-0.3, -0.25) is 14.5 Å². The van der Waals surface area contributed by atoms with Gasteiger partial charge >= 0.3 is 6.18 Å². The number of carbonyl (C=O) groups is 1. The molecule has 5 nitrogen and oxygen atoms in total. The molecule has 0 atom stereocenters. The van der Waals surface area contributed by atoms with Crippen molar-refractivity contribution < 1.29 is 18.0 Å². The molecule has 1 saturated carbocycles. The van der Waals surface area contributed by atoms with Crippen LogP contribution in [0.5, 0.6) is 0 Å². The van der Waals surface area contributed by atoms with E-state index >= 15 is 0 Å². The van der Waals surface area contributed by atoms with Gasteiger partial charge in [0.25, 0.3) is 5.91 Å². The molecule has 0 bridgehead atoms. The fraction of sp³-hybridized carbons (Fsp3) is 0.438. The van der Waals surface area contributed by atoms with E-state index in [0.717, 1.165) is 36.5 Å². The Balaban J connectivity index is 1.50. The summed E-state index contributed by atoms with van der Waals surface area (Å²) in [7, 11) is 0. The number of hydrogen-bond donors (Lipinski definition) is 0. The summed E-state index contributed by atoms with van der Waals surface area (Å²) in [6.07, 6.45) is -1.18. The topological polar surface area (TPSA) is 51.0 Å². The molecule has 1 aliphatic carbocycles. The second kappa shape index (κ2) is 5.32. The molecule has 0 aromatic carbocycles. The number of carbonyl (C=O) groups excluding carboxylic acids is 1. The van der Waals surface area contributed by atoms with Crippen LogP contribution in [-0.2, 0) is 19.3 Å². The van der Waals surface area contributed by atoms with Crippen molar-refractivity contribution >= 4 is 5.91 Å². The molecule has 2 aliphatic rings. The van der Waals surface area contributed by atoms with E-state index in [4.69, 9.17) is 0 Å². The lowest BCUT2D eigenvalue weighted by molar-refractivity contribution is -0.141. The zero-order valence-corrected chi connectivity index (χ0v) is 12.8. The van der Waals surface area contributed by atoms with E-state index in [1.165, 1.54) is 6.07 Å². The first-order chi connectivity index (χ1) is 11.4. The zero-order chi connectivity index (χ0) is 16.9. The summed E-state index contributed by atoms with van der Waals surface area (Å²) in [5.74, 6) is 0.239. The molecule has 8 heteroatoms. The average Bonchev–Trinajstić information content (AvgIpc) is 3.32. The number of halogens is 3. The third kappa shape index (κ3) is 2.76. The van der Waals surface area contributed by atoms with Gasteiger partial charge in [0, 0.05) is 18.7 Å². The first-order valence-electron chi connectivity index (χ1n) is 7.81. The Morgan fingerprint density at radius 2 is 2.00 bits per heavy atom. The van der Waals surface area contributed by atoms with Crippen LogP contribution in [0.3, 0.4) is 0 Å². The maximum Gasteiger partial charge on any atom is 0.433 e. The highest BCUT2D eigenvalue weighted by Gasteiger charge is 2.33. The van der Waals surface area contributed by atoms with Crippen LogP contribution in [0.15, 0.2) is 24.4 Å². The first kappa shape index (κ1) is 15.2. The predicted molar refractivity (Wildman–Crippen MR) is 78.2 cm³/mol. The van der Waals surface area contributed by atoms with Crippen molar-refractivity contribution in [3.8, 4) is 0 Å². The minimum absolute atomic E-state index is 0.165. The smallest absolute Gasteiger partial charge is 0.331 e. The van der Waals surface area contributed by atoms with E-state index in [1.807, 2.05) is 10.7 Å². The molecule has 3 heterocycles. The van der Waals surface area contributed by atoms with Crippen molar-refractivity contribution in [1.29, 1.82) is 0 Å². The number of amides is 1. The Bertz CT molecular complexity index is 778. The molecule has 24 heavy (non-hydrogen) atoms. The molecule has 2 aromatic rings. The number of aromatic nitrogens is 3. The van der Waals surface area contributed by atoms with Crippen LogP contribution in [0, 0.1) is 0 Å². The molecule has 1 fully saturated rings. The summed E-state index contributed by atoms with van der Waals surface area (Å²) < 4.78 is 39.6. The lowest BCUT2D eigenvalue weighted by atomic mass is 10.2. The molecule has 0 unspecified atom stereocenters. The normalized spacial score (nSPS) is 17.7. The van der Waals surface area contributed by atoms with Crippen LogP contribution >= 0.6 is 0 Å². The zero-order valence-electron chi connectivity index (χ0n) is 12.8. The number of hydrogen-bond acceptors (Lipinski definition) is 3. The van der Waals surface area contributed by atoms with Gasteiger partial charge in [-0.05, 0) is 31.0 Å². The van der Waals surface area contributed by atoms with E-state index in [-0.39, 0.29) is 11.5 Å². The third-order valence-corrected chi connectivity index (χ3v) is 4.40. The molecule has 126 valence electrons. The number of pyridine rings is 1. The first-order valence-corrected chi connectivity index (χ1v) is 7.81. The maximum absolute atomic E-state index is 12.5. The minimum Gasteiger partial charge on any atom is -0.331 e. The Morgan fingerprint density at radius 3 is 2.62 bits per heavy atom. The monoisotopic (exact) mass is 336 g/mol. The van der Waals surface area contributed by atoms with E-state index in [9.17, 15) is 18.0 Å². The van der Waals surface area contributed by atoms with Gasteiger partial charge in [-0.25, -0.2) is 0 Å². The van der Waals surface area contributed by atoms with Gasteiger partial charge in [0.15, 0.2) is 0 Å². The quantitative estimate of drug-likeness (QED) is 0.847. The second-order valence-electron chi connectivity index (χ2n) is 6.21. The highest BCUT2D eigenvalue weighted by Crippen LogP contribution is 2.39. The van der Waals surface area contributed by atoms with Gasteiger partial charge in [-0.2, -0.15) is 18.3 Å². The van der Waals surface area contributed by atoms with E-state index in [2.05, 4.69) is 10.1 Å². The lowest BCUT2D eigenvalue weighted by Gasteiger charge is -2.27. The van der Waals surface area contributed by atoms with Crippen LogP contribution < -0.4 is 0 Å². The SMILES string of the molecule is O=C(c1ccc(C(F)(F)F)nc1)N1CCn2nc(C3CC3)cc2C1. The van der Waals surface area contributed by atoms with E-state index in [1.54, 1.807) is 4.90 Å². The highest BCUT2D eigenvalue weighted by molar-refractivity contribution is 5.93. The molecule has 2 aromatic heterocycles. The molecule has 4 rings (SSSR count). The van der Waals surface area contributed by atoms with Crippen molar-refractivity contribution in [3.05, 3.63) is 47.0 Å². The third-order valence-electron chi connectivity index (χ3n) is 4.40. The lowest BCUT2D eigenvalue weighted by Crippen LogP contribution is -2.38. The van der Waals surface area contributed by atoms with Crippen molar-refractivity contribution in [2.75, 3.05) is 6.54 Å². The standard InChI is InChI=1S/C16H15F3N4O/c17-16(18,19)14-4-3-11(8-20-14)15(24)22-5-6-23-12(9-22)7-13(21-23)10-1-2-10/h3-4,7-8,10H,1-2,5-6,9H2. The van der Waals surface area contributed by atoms with Crippen LogP contribution in [0.4, 0.5) is 13.2 Å². The van der Waals surface area contributed by atoms with Gasteiger partial charge in [-0.15, -0.1) is 0 Å². The van der Waals surface area contributed by atoms with Crippen LogP contribution in [0.2, 0.25) is 0 Å². The number of fused-ring (bicyclic) bond motifs is 1. The van der Waals surface area contributed by atoms with Crippen LogP contribution in [0.1, 0.15) is 46.2 Å². The van der Waals surface area contributed by atoms with Crippen molar-refractivity contribution in [3.63, 3.8) is 0 Å². The van der Waals surface area contributed by atoms with Gasteiger partial charge in [0.05, 0.1) is 30.0 Å².